The lowest BCUT2D eigenvalue weighted by atomic mass is 9.89. The van der Waals surface area contributed by atoms with E-state index in [1.165, 1.54) is 13.0 Å². The Balaban J connectivity index is 1.95. The van der Waals surface area contributed by atoms with Crippen molar-refractivity contribution < 1.29 is 15.0 Å². The van der Waals surface area contributed by atoms with Gasteiger partial charge in [0.25, 0.3) is 5.91 Å². The SMILES string of the molecule is CC(O)C(=O)N1CCC(Cc2cc(Cl)c(Cl)cc2O)CC1. The van der Waals surface area contributed by atoms with Gasteiger partial charge in [0.15, 0.2) is 0 Å². The third-order valence-electron chi connectivity index (χ3n) is 3.91. The van der Waals surface area contributed by atoms with Gasteiger partial charge in [0.05, 0.1) is 10.0 Å². The van der Waals surface area contributed by atoms with Crippen LogP contribution in [0, 0.1) is 5.92 Å². The van der Waals surface area contributed by atoms with Gasteiger partial charge in [-0.15, -0.1) is 0 Å². The number of amides is 1. The van der Waals surface area contributed by atoms with Gasteiger partial charge in [-0.3, -0.25) is 4.79 Å². The molecule has 1 saturated heterocycles. The number of likely N-dealkylation sites (tertiary alicyclic amines) is 1. The van der Waals surface area contributed by atoms with Crippen LogP contribution < -0.4 is 0 Å². The highest BCUT2D eigenvalue weighted by atomic mass is 35.5. The van der Waals surface area contributed by atoms with Crippen LogP contribution in [0.4, 0.5) is 0 Å². The van der Waals surface area contributed by atoms with Crippen LogP contribution in [-0.4, -0.2) is 40.2 Å². The van der Waals surface area contributed by atoms with Crippen molar-refractivity contribution in [1.82, 2.24) is 4.90 Å². The summed E-state index contributed by atoms with van der Waals surface area (Å²) in [6.07, 6.45) is 1.45. The number of rotatable bonds is 3. The largest absolute Gasteiger partial charge is 0.508 e. The average molecular weight is 332 g/mol. The highest BCUT2D eigenvalue weighted by Gasteiger charge is 2.25. The van der Waals surface area contributed by atoms with Crippen LogP contribution in [-0.2, 0) is 11.2 Å². The lowest BCUT2D eigenvalue weighted by Crippen LogP contribution is -2.43. The number of phenols is 1. The summed E-state index contributed by atoms with van der Waals surface area (Å²) in [5.74, 6) is 0.323. The van der Waals surface area contributed by atoms with Crippen LogP contribution in [0.5, 0.6) is 5.75 Å². The summed E-state index contributed by atoms with van der Waals surface area (Å²) >= 11 is 11.8. The van der Waals surface area contributed by atoms with Crippen molar-refractivity contribution in [2.45, 2.75) is 32.3 Å². The quantitative estimate of drug-likeness (QED) is 0.895. The highest BCUT2D eigenvalue weighted by Crippen LogP contribution is 2.33. The van der Waals surface area contributed by atoms with E-state index in [2.05, 4.69) is 0 Å². The molecule has 1 aliphatic heterocycles. The molecule has 0 aromatic heterocycles. The minimum absolute atomic E-state index is 0.159. The van der Waals surface area contributed by atoms with Gasteiger partial charge in [0.1, 0.15) is 11.9 Å². The van der Waals surface area contributed by atoms with E-state index in [0.717, 1.165) is 18.4 Å². The summed E-state index contributed by atoms with van der Waals surface area (Å²) in [7, 11) is 0. The molecule has 0 aliphatic carbocycles. The third-order valence-corrected chi connectivity index (χ3v) is 4.64. The second kappa shape index (κ2) is 6.86. The Morgan fingerprint density at radius 2 is 1.90 bits per heavy atom. The fourth-order valence-electron chi connectivity index (χ4n) is 2.67. The second-order valence-corrected chi connectivity index (χ2v) is 6.36. The molecule has 0 radical (unpaired) electrons. The molecule has 0 bridgehead atoms. The van der Waals surface area contributed by atoms with E-state index in [1.807, 2.05) is 0 Å². The molecule has 4 nitrogen and oxygen atoms in total. The number of aliphatic hydroxyl groups excluding tert-OH is 1. The first-order valence-electron chi connectivity index (χ1n) is 7.02. The van der Waals surface area contributed by atoms with Crippen LogP contribution in [0.2, 0.25) is 10.0 Å². The Kier molecular flexibility index (Phi) is 5.36. The van der Waals surface area contributed by atoms with E-state index in [0.29, 0.717) is 35.5 Å². The fraction of sp³-hybridized carbons (Fsp3) is 0.533. The van der Waals surface area contributed by atoms with Crippen molar-refractivity contribution in [2.75, 3.05) is 13.1 Å². The first-order chi connectivity index (χ1) is 9.88. The van der Waals surface area contributed by atoms with Crippen LogP contribution in [0.25, 0.3) is 0 Å². The number of carbonyl (C=O) groups excluding carboxylic acids is 1. The fourth-order valence-corrected chi connectivity index (χ4v) is 3.02. The zero-order valence-electron chi connectivity index (χ0n) is 11.9. The molecule has 1 unspecified atom stereocenters. The second-order valence-electron chi connectivity index (χ2n) is 5.54. The van der Waals surface area contributed by atoms with Crippen LogP contribution in [0.3, 0.4) is 0 Å². The molecule has 1 amide bonds. The standard InChI is InChI=1S/C15H19Cl2NO3/c1-9(19)15(21)18-4-2-10(3-5-18)6-11-7-12(16)13(17)8-14(11)20/h7-10,19-20H,2-6H2,1H3. The number of aliphatic hydroxyl groups is 1. The number of piperidine rings is 1. The number of halogens is 2. The summed E-state index contributed by atoms with van der Waals surface area (Å²) in [5, 5.41) is 20.0. The molecule has 0 saturated carbocycles. The number of carbonyl (C=O) groups is 1. The van der Waals surface area contributed by atoms with Gasteiger partial charge in [-0.1, -0.05) is 23.2 Å². The van der Waals surface area contributed by atoms with E-state index in [1.54, 1.807) is 11.0 Å². The first-order valence-corrected chi connectivity index (χ1v) is 7.77. The topological polar surface area (TPSA) is 60.8 Å². The number of hydrogen-bond acceptors (Lipinski definition) is 3. The van der Waals surface area contributed by atoms with Gasteiger partial charge < -0.3 is 15.1 Å². The molecule has 0 spiro atoms. The molecule has 1 fully saturated rings. The van der Waals surface area contributed by atoms with E-state index in [4.69, 9.17) is 23.2 Å². The van der Waals surface area contributed by atoms with Crippen molar-refractivity contribution in [1.29, 1.82) is 0 Å². The zero-order chi connectivity index (χ0) is 15.6. The number of aromatic hydroxyl groups is 1. The molecule has 1 aliphatic rings. The molecule has 1 aromatic carbocycles. The van der Waals surface area contributed by atoms with Crippen molar-refractivity contribution in [3.63, 3.8) is 0 Å². The summed E-state index contributed by atoms with van der Waals surface area (Å²) in [4.78, 5) is 13.4. The van der Waals surface area contributed by atoms with Gasteiger partial charge >= 0.3 is 0 Å². The monoisotopic (exact) mass is 331 g/mol. The van der Waals surface area contributed by atoms with E-state index < -0.39 is 6.10 Å². The lowest BCUT2D eigenvalue weighted by molar-refractivity contribution is -0.140. The number of benzene rings is 1. The minimum atomic E-state index is -0.944. The maximum atomic E-state index is 11.7. The molecule has 6 heteroatoms. The number of phenolic OH excluding ortho intramolecular Hbond substituents is 1. The average Bonchev–Trinajstić information content (AvgIpc) is 2.44. The molecule has 1 heterocycles. The summed E-state index contributed by atoms with van der Waals surface area (Å²) in [5.41, 5.74) is 0.782. The Bertz CT molecular complexity index is 526. The Hall–Kier alpha value is -0.970. The van der Waals surface area contributed by atoms with Gasteiger partial charge in [-0.05, 0) is 43.7 Å². The van der Waals surface area contributed by atoms with E-state index in [-0.39, 0.29) is 11.7 Å². The molecule has 21 heavy (non-hydrogen) atoms. The Morgan fingerprint density at radius 1 is 1.33 bits per heavy atom. The molecule has 1 aromatic rings. The first kappa shape index (κ1) is 16.4. The summed E-state index contributed by atoms with van der Waals surface area (Å²) in [6, 6.07) is 3.16. The number of nitrogens with zero attached hydrogens (tertiary/aromatic N) is 1. The Morgan fingerprint density at radius 3 is 2.48 bits per heavy atom. The molecule has 2 rings (SSSR count). The minimum Gasteiger partial charge on any atom is -0.508 e. The molecular formula is C15H19Cl2NO3. The van der Waals surface area contributed by atoms with Crippen LogP contribution >= 0.6 is 23.2 Å². The van der Waals surface area contributed by atoms with Gasteiger partial charge in [0, 0.05) is 19.2 Å². The summed E-state index contributed by atoms with van der Waals surface area (Å²) in [6.45, 7) is 2.76. The maximum Gasteiger partial charge on any atom is 0.251 e. The Labute approximate surface area is 134 Å². The third kappa shape index (κ3) is 4.02. The van der Waals surface area contributed by atoms with Crippen LogP contribution in [0.15, 0.2) is 12.1 Å². The number of hydrogen-bond donors (Lipinski definition) is 2. The predicted molar refractivity (Wildman–Crippen MR) is 82.8 cm³/mol. The van der Waals surface area contributed by atoms with Crippen molar-refractivity contribution in [3.05, 3.63) is 27.7 Å². The lowest BCUT2D eigenvalue weighted by Gasteiger charge is -2.33. The summed E-state index contributed by atoms with van der Waals surface area (Å²) < 4.78 is 0. The maximum absolute atomic E-state index is 11.7. The smallest absolute Gasteiger partial charge is 0.251 e. The van der Waals surface area contributed by atoms with Gasteiger partial charge in [-0.2, -0.15) is 0 Å². The van der Waals surface area contributed by atoms with Crippen molar-refractivity contribution in [2.24, 2.45) is 5.92 Å². The highest BCUT2D eigenvalue weighted by molar-refractivity contribution is 6.42. The van der Waals surface area contributed by atoms with Crippen molar-refractivity contribution in [3.8, 4) is 5.75 Å². The molecular weight excluding hydrogens is 313 g/mol. The van der Waals surface area contributed by atoms with Gasteiger partial charge in [0.2, 0.25) is 0 Å². The molecule has 116 valence electrons. The van der Waals surface area contributed by atoms with Gasteiger partial charge in [-0.25, -0.2) is 0 Å². The van der Waals surface area contributed by atoms with Crippen molar-refractivity contribution >= 4 is 29.1 Å². The molecule has 1 atom stereocenters. The van der Waals surface area contributed by atoms with Crippen LogP contribution in [0.1, 0.15) is 25.3 Å². The molecule has 2 N–H and O–H groups in total. The van der Waals surface area contributed by atoms with E-state index >= 15 is 0 Å². The van der Waals surface area contributed by atoms with E-state index in [9.17, 15) is 15.0 Å². The predicted octanol–water partition coefficient (Wildman–Crippen LogP) is 2.86. The zero-order valence-corrected chi connectivity index (χ0v) is 13.4. The normalized spacial score (nSPS) is 17.8.